The van der Waals surface area contributed by atoms with E-state index in [1.165, 1.54) is 11.8 Å². The highest BCUT2D eigenvalue weighted by atomic mass is 32.2. The van der Waals surface area contributed by atoms with Crippen molar-refractivity contribution in [2.24, 2.45) is 12.8 Å². The Bertz CT molecular complexity index is 1040. The molecule has 24 heavy (non-hydrogen) atoms. The van der Waals surface area contributed by atoms with Gasteiger partial charge in [0.2, 0.25) is 11.7 Å². The standard InChI is InChI=1S/C17H15N5OS/c1-21-12-9-5-6-10-13(12)22-16(21)19-20-17(22)24-14(15(18)23)11-7-3-2-4-8-11/h2-10,14H,1H3,(H2,18,23)/t14-/m0/s1. The number of para-hydroxylation sites is 2. The highest BCUT2D eigenvalue weighted by Crippen LogP contribution is 2.35. The summed E-state index contributed by atoms with van der Waals surface area (Å²) in [4.78, 5) is 12.0. The van der Waals surface area contributed by atoms with Gasteiger partial charge in [-0.2, -0.15) is 0 Å². The van der Waals surface area contributed by atoms with E-state index in [0.717, 1.165) is 22.4 Å². The van der Waals surface area contributed by atoms with Gasteiger partial charge in [0, 0.05) is 7.05 Å². The van der Waals surface area contributed by atoms with E-state index in [4.69, 9.17) is 5.73 Å². The van der Waals surface area contributed by atoms with E-state index in [1.807, 2.05) is 70.6 Å². The highest BCUT2D eigenvalue weighted by molar-refractivity contribution is 8.00. The summed E-state index contributed by atoms with van der Waals surface area (Å²) in [6.45, 7) is 0. The second kappa shape index (κ2) is 5.68. The largest absolute Gasteiger partial charge is 0.368 e. The molecule has 2 heterocycles. The van der Waals surface area contributed by atoms with Crippen molar-refractivity contribution in [3.05, 3.63) is 60.2 Å². The molecule has 1 amide bonds. The molecule has 2 N–H and O–H groups in total. The second-order valence-corrected chi connectivity index (χ2v) is 6.55. The van der Waals surface area contributed by atoms with Gasteiger partial charge in [-0.05, 0) is 17.7 Å². The van der Waals surface area contributed by atoms with E-state index in [0.29, 0.717) is 5.16 Å². The molecule has 0 unspecified atom stereocenters. The molecule has 6 nitrogen and oxygen atoms in total. The smallest absolute Gasteiger partial charge is 0.236 e. The van der Waals surface area contributed by atoms with Gasteiger partial charge in [0.05, 0.1) is 11.0 Å². The van der Waals surface area contributed by atoms with Gasteiger partial charge >= 0.3 is 0 Å². The van der Waals surface area contributed by atoms with Crippen LogP contribution in [0.5, 0.6) is 0 Å². The van der Waals surface area contributed by atoms with E-state index in [1.54, 1.807) is 0 Å². The van der Waals surface area contributed by atoms with E-state index in [9.17, 15) is 4.79 Å². The number of primary amides is 1. The Labute approximate surface area is 142 Å². The summed E-state index contributed by atoms with van der Waals surface area (Å²) in [7, 11) is 1.95. The van der Waals surface area contributed by atoms with Crippen LogP contribution in [-0.4, -0.2) is 25.1 Å². The van der Waals surface area contributed by atoms with Crippen LogP contribution in [0.15, 0.2) is 59.8 Å². The van der Waals surface area contributed by atoms with Gasteiger partial charge in [0.1, 0.15) is 5.25 Å². The van der Waals surface area contributed by atoms with Gasteiger partial charge in [-0.1, -0.05) is 54.2 Å². The highest BCUT2D eigenvalue weighted by Gasteiger charge is 2.24. The minimum atomic E-state index is -0.516. The SMILES string of the molecule is Cn1c2ccccc2n2c(S[C@H](C(N)=O)c3ccccc3)nnc12. The molecule has 7 heteroatoms. The van der Waals surface area contributed by atoms with Gasteiger partial charge in [0.15, 0.2) is 5.16 Å². The zero-order valence-corrected chi connectivity index (χ0v) is 13.8. The van der Waals surface area contributed by atoms with Crippen molar-refractivity contribution in [3.63, 3.8) is 0 Å². The lowest BCUT2D eigenvalue weighted by atomic mass is 10.1. The first-order valence-corrected chi connectivity index (χ1v) is 8.34. The van der Waals surface area contributed by atoms with Crippen LogP contribution in [0.1, 0.15) is 10.8 Å². The summed E-state index contributed by atoms with van der Waals surface area (Å²) < 4.78 is 3.94. The average Bonchev–Trinajstić information content (AvgIpc) is 3.14. The molecule has 0 aliphatic rings. The zero-order chi connectivity index (χ0) is 16.7. The van der Waals surface area contributed by atoms with Crippen molar-refractivity contribution in [1.29, 1.82) is 0 Å². The summed E-state index contributed by atoms with van der Waals surface area (Å²) >= 11 is 1.32. The number of hydrogen-bond acceptors (Lipinski definition) is 4. The van der Waals surface area contributed by atoms with Crippen molar-refractivity contribution in [3.8, 4) is 0 Å². The number of carbonyl (C=O) groups excluding carboxylic acids is 1. The predicted molar refractivity (Wildman–Crippen MR) is 93.7 cm³/mol. The Balaban J connectivity index is 1.85. The van der Waals surface area contributed by atoms with Crippen LogP contribution < -0.4 is 5.73 Å². The average molecular weight is 337 g/mol. The van der Waals surface area contributed by atoms with Crippen LogP contribution in [0.3, 0.4) is 0 Å². The van der Waals surface area contributed by atoms with Gasteiger partial charge < -0.3 is 10.3 Å². The van der Waals surface area contributed by atoms with Gasteiger partial charge in [-0.25, -0.2) is 0 Å². The molecular formula is C17H15N5OS. The lowest BCUT2D eigenvalue weighted by molar-refractivity contribution is -0.117. The minimum absolute atomic E-state index is 0.400. The van der Waals surface area contributed by atoms with Gasteiger partial charge in [-0.15, -0.1) is 10.2 Å². The normalized spacial score (nSPS) is 12.7. The maximum atomic E-state index is 12.0. The number of benzene rings is 2. The monoisotopic (exact) mass is 337 g/mol. The summed E-state index contributed by atoms with van der Waals surface area (Å²) in [6, 6.07) is 17.5. The van der Waals surface area contributed by atoms with Crippen LogP contribution >= 0.6 is 11.8 Å². The van der Waals surface area contributed by atoms with Crippen molar-refractivity contribution < 1.29 is 4.79 Å². The number of aromatic nitrogens is 4. The fraction of sp³-hybridized carbons (Fsp3) is 0.118. The number of rotatable bonds is 4. The van der Waals surface area contributed by atoms with E-state index < -0.39 is 11.2 Å². The summed E-state index contributed by atoms with van der Waals surface area (Å²) in [5.41, 5.74) is 8.53. The molecule has 0 saturated heterocycles. The number of thioether (sulfide) groups is 1. The van der Waals surface area contributed by atoms with E-state index in [-0.39, 0.29) is 0 Å². The fourth-order valence-electron chi connectivity index (χ4n) is 2.83. The lowest BCUT2D eigenvalue weighted by Crippen LogP contribution is -2.19. The van der Waals surface area contributed by atoms with Crippen LogP contribution in [0, 0.1) is 0 Å². The Morgan fingerprint density at radius 3 is 2.42 bits per heavy atom. The van der Waals surface area contributed by atoms with Crippen LogP contribution in [0.2, 0.25) is 0 Å². The van der Waals surface area contributed by atoms with Crippen LogP contribution in [0.25, 0.3) is 16.8 Å². The Hall–Kier alpha value is -2.80. The number of fused-ring (bicyclic) bond motifs is 3. The molecule has 0 spiro atoms. The summed E-state index contributed by atoms with van der Waals surface area (Å²) in [5.74, 6) is 0.332. The number of amides is 1. The maximum absolute atomic E-state index is 12.0. The van der Waals surface area contributed by atoms with Crippen molar-refractivity contribution in [2.75, 3.05) is 0 Å². The first-order chi connectivity index (χ1) is 11.7. The summed E-state index contributed by atoms with van der Waals surface area (Å²) in [6.07, 6.45) is 0. The first kappa shape index (κ1) is 14.8. The maximum Gasteiger partial charge on any atom is 0.236 e. The number of hydrogen-bond donors (Lipinski definition) is 1. The molecule has 0 aliphatic carbocycles. The first-order valence-electron chi connectivity index (χ1n) is 7.46. The Morgan fingerprint density at radius 1 is 1.04 bits per heavy atom. The molecule has 1 atom stereocenters. The quantitative estimate of drug-likeness (QED) is 0.581. The number of imidazole rings is 1. The third kappa shape index (κ3) is 2.25. The van der Waals surface area contributed by atoms with Crippen molar-refractivity contribution >= 4 is 34.5 Å². The predicted octanol–water partition coefficient (Wildman–Crippen LogP) is 2.54. The van der Waals surface area contributed by atoms with Crippen LogP contribution in [0.4, 0.5) is 0 Å². The van der Waals surface area contributed by atoms with Crippen LogP contribution in [-0.2, 0) is 11.8 Å². The lowest BCUT2D eigenvalue weighted by Gasteiger charge is -2.11. The Kier molecular flexibility index (Phi) is 3.50. The molecule has 0 aliphatic heterocycles. The van der Waals surface area contributed by atoms with Crippen molar-refractivity contribution in [2.45, 2.75) is 10.4 Å². The molecule has 4 aromatic rings. The van der Waals surface area contributed by atoms with Gasteiger partial charge in [0.25, 0.3) is 0 Å². The molecule has 2 aromatic heterocycles. The van der Waals surface area contributed by atoms with Gasteiger partial charge in [-0.3, -0.25) is 9.20 Å². The number of carbonyl (C=O) groups is 1. The molecule has 0 saturated carbocycles. The topological polar surface area (TPSA) is 78.2 Å². The third-order valence-corrected chi connectivity index (χ3v) is 5.20. The zero-order valence-electron chi connectivity index (χ0n) is 13.0. The molecule has 0 bridgehead atoms. The molecule has 4 rings (SSSR count). The minimum Gasteiger partial charge on any atom is -0.368 e. The molecule has 2 aromatic carbocycles. The summed E-state index contributed by atoms with van der Waals surface area (Å²) in [5, 5.41) is 8.66. The van der Waals surface area contributed by atoms with Crippen molar-refractivity contribution in [1.82, 2.24) is 19.2 Å². The number of nitrogens with zero attached hydrogens (tertiary/aromatic N) is 4. The molecular weight excluding hydrogens is 322 g/mol. The molecule has 0 fully saturated rings. The van der Waals surface area contributed by atoms with E-state index in [2.05, 4.69) is 10.2 Å². The van der Waals surface area contributed by atoms with E-state index >= 15 is 0 Å². The third-order valence-electron chi connectivity index (χ3n) is 3.98. The number of nitrogens with two attached hydrogens (primary N) is 1. The number of aryl methyl sites for hydroxylation is 1. The fourth-order valence-corrected chi connectivity index (χ4v) is 3.83. The molecule has 0 radical (unpaired) electrons. The second-order valence-electron chi connectivity index (χ2n) is 5.48. The Morgan fingerprint density at radius 2 is 1.71 bits per heavy atom. The molecule has 120 valence electrons.